The van der Waals surface area contributed by atoms with Crippen LogP contribution in [0.3, 0.4) is 0 Å². The molecule has 1 unspecified atom stereocenters. The summed E-state index contributed by atoms with van der Waals surface area (Å²) in [6.45, 7) is 5.44. The van der Waals surface area contributed by atoms with Crippen molar-refractivity contribution in [1.82, 2.24) is 5.43 Å². The van der Waals surface area contributed by atoms with Crippen LogP contribution in [0.4, 0.5) is 10.5 Å². The highest BCUT2D eigenvalue weighted by Gasteiger charge is 2.21. The fourth-order valence-corrected chi connectivity index (χ4v) is 2.35. The molecule has 0 spiro atoms. The molecular formula is C17H23N3O4. The Balaban J connectivity index is 1.84. The molecule has 7 heteroatoms. The maximum atomic E-state index is 11.7. The molecule has 2 amide bonds. The zero-order chi connectivity index (χ0) is 17.4. The second-order valence-electron chi connectivity index (χ2n) is 5.53. The first-order chi connectivity index (χ1) is 11.6. The summed E-state index contributed by atoms with van der Waals surface area (Å²) in [5.41, 5.74) is 4.88. The van der Waals surface area contributed by atoms with E-state index in [2.05, 4.69) is 15.8 Å². The van der Waals surface area contributed by atoms with Crippen molar-refractivity contribution < 1.29 is 19.1 Å². The molecule has 2 rings (SSSR count). The molecule has 24 heavy (non-hydrogen) atoms. The number of hydrogen-bond donors (Lipinski definition) is 2. The molecule has 0 saturated heterocycles. The van der Waals surface area contributed by atoms with Crippen LogP contribution in [0.5, 0.6) is 0 Å². The maximum absolute atomic E-state index is 11.7. The molecule has 130 valence electrons. The van der Waals surface area contributed by atoms with Gasteiger partial charge in [0.25, 0.3) is 0 Å². The van der Waals surface area contributed by atoms with E-state index < -0.39 is 6.09 Å². The van der Waals surface area contributed by atoms with Crippen LogP contribution in [-0.4, -0.2) is 37.5 Å². The topological polar surface area (TPSA) is 89.0 Å². The number of anilines is 1. The number of hydrazone groups is 1. The Morgan fingerprint density at radius 1 is 1.33 bits per heavy atom. The largest absolute Gasteiger partial charge is 0.449 e. The molecule has 1 aliphatic rings. The Morgan fingerprint density at radius 2 is 2.08 bits per heavy atom. The van der Waals surface area contributed by atoms with E-state index in [0.717, 1.165) is 11.3 Å². The van der Waals surface area contributed by atoms with Gasteiger partial charge in [-0.25, -0.2) is 10.2 Å². The predicted octanol–water partition coefficient (Wildman–Crippen LogP) is 2.52. The van der Waals surface area contributed by atoms with Gasteiger partial charge in [0.1, 0.15) is 0 Å². The van der Waals surface area contributed by atoms with Gasteiger partial charge in [-0.3, -0.25) is 10.1 Å². The number of nitrogens with zero attached hydrogens (tertiary/aromatic N) is 1. The molecule has 1 aromatic carbocycles. The van der Waals surface area contributed by atoms with Crippen LogP contribution in [0.25, 0.3) is 0 Å². The van der Waals surface area contributed by atoms with E-state index in [1.54, 1.807) is 12.1 Å². The Labute approximate surface area is 141 Å². The van der Waals surface area contributed by atoms with Crippen molar-refractivity contribution in [3.8, 4) is 0 Å². The molecule has 1 aromatic rings. The Bertz CT molecular complexity index is 598. The molecule has 0 saturated carbocycles. The minimum atomic E-state index is -0.491. The lowest BCUT2D eigenvalue weighted by Gasteiger charge is -2.19. The van der Waals surface area contributed by atoms with Crippen LogP contribution >= 0.6 is 0 Å². The average molecular weight is 333 g/mol. The number of benzene rings is 1. The predicted molar refractivity (Wildman–Crippen MR) is 91.0 cm³/mol. The molecule has 1 heterocycles. The molecular weight excluding hydrogens is 310 g/mol. The fraction of sp³-hybridized carbons (Fsp3) is 0.471. The van der Waals surface area contributed by atoms with Gasteiger partial charge in [0.05, 0.1) is 12.3 Å². The van der Waals surface area contributed by atoms with Gasteiger partial charge in [-0.15, -0.1) is 0 Å². The monoisotopic (exact) mass is 333 g/mol. The van der Waals surface area contributed by atoms with Crippen molar-refractivity contribution >= 4 is 23.4 Å². The zero-order valence-corrected chi connectivity index (χ0v) is 14.0. The van der Waals surface area contributed by atoms with Gasteiger partial charge >= 0.3 is 6.09 Å². The van der Waals surface area contributed by atoms with Gasteiger partial charge in [-0.1, -0.05) is 19.1 Å². The Kier molecular flexibility index (Phi) is 6.74. The van der Waals surface area contributed by atoms with Crippen molar-refractivity contribution in [3.63, 3.8) is 0 Å². The van der Waals surface area contributed by atoms with Gasteiger partial charge in [-0.2, -0.15) is 5.10 Å². The van der Waals surface area contributed by atoms with E-state index >= 15 is 0 Å². The average Bonchev–Trinajstić information content (AvgIpc) is 2.56. The van der Waals surface area contributed by atoms with E-state index in [1.165, 1.54) is 0 Å². The first kappa shape index (κ1) is 17.9. The van der Waals surface area contributed by atoms with Gasteiger partial charge in [0, 0.05) is 37.7 Å². The molecule has 0 bridgehead atoms. The number of nitrogens with one attached hydrogen (secondary N) is 2. The molecule has 7 nitrogen and oxygen atoms in total. The maximum Gasteiger partial charge on any atom is 0.411 e. The Hall–Kier alpha value is -2.41. The number of ether oxygens (including phenoxy) is 2. The highest BCUT2D eigenvalue weighted by Crippen LogP contribution is 2.18. The summed E-state index contributed by atoms with van der Waals surface area (Å²) in [6.07, 6.45) is 0.603. The molecule has 0 aromatic heterocycles. The molecule has 0 aliphatic carbocycles. The molecule has 1 atom stereocenters. The SMILES string of the molecule is CCOCCCOC(=O)Nc1ccc(C2=NNC(=O)CC2C)cc1. The van der Waals surface area contributed by atoms with Crippen molar-refractivity contribution in [3.05, 3.63) is 29.8 Å². The van der Waals surface area contributed by atoms with E-state index in [0.29, 0.717) is 38.3 Å². The lowest BCUT2D eigenvalue weighted by Crippen LogP contribution is -2.31. The first-order valence-corrected chi connectivity index (χ1v) is 8.08. The number of amides is 2. The van der Waals surface area contributed by atoms with Gasteiger partial charge in [0.2, 0.25) is 5.91 Å². The first-order valence-electron chi connectivity index (χ1n) is 8.08. The van der Waals surface area contributed by atoms with E-state index in [4.69, 9.17) is 9.47 Å². The standard InChI is InChI=1S/C17H23N3O4/c1-3-23-9-4-10-24-17(22)18-14-7-5-13(6-8-14)16-12(2)11-15(21)19-20-16/h5-8,12H,3-4,9-11H2,1-2H3,(H,18,22)(H,19,21). The fourth-order valence-electron chi connectivity index (χ4n) is 2.35. The summed E-state index contributed by atoms with van der Waals surface area (Å²) in [4.78, 5) is 23.0. The highest BCUT2D eigenvalue weighted by atomic mass is 16.5. The van der Waals surface area contributed by atoms with Crippen molar-refractivity contribution in [1.29, 1.82) is 0 Å². The minimum absolute atomic E-state index is 0.0628. The van der Waals surface area contributed by atoms with Crippen LogP contribution < -0.4 is 10.7 Å². The van der Waals surface area contributed by atoms with Gasteiger partial charge in [0.15, 0.2) is 0 Å². The van der Waals surface area contributed by atoms with Crippen molar-refractivity contribution in [2.75, 3.05) is 25.1 Å². The number of carbonyl (C=O) groups is 2. The summed E-state index contributed by atoms with van der Waals surface area (Å²) in [5, 5.41) is 6.78. The smallest absolute Gasteiger partial charge is 0.411 e. The number of rotatable bonds is 7. The van der Waals surface area contributed by atoms with Crippen LogP contribution in [0.2, 0.25) is 0 Å². The zero-order valence-electron chi connectivity index (χ0n) is 14.0. The summed E-state index contributed by atoms with van der Waals surface area (Å²) in [6, 6.07) is 7.28. The molecule has 0 fully saturated rings. The lowest BCUT2D eigenvalue weighted by molar-refractivity contribution is -0.121. The third kappa shape index (κ3) is 5.34. The van der Waals surface area contributed by atoms with E-state index in [9.17, 15) is 9.59 Å². The van der Waals surface area contributed by atoms with Crippen LogP contribution in [-0.2, 0) is 14.3 Å². The minimum Gasteiger partial charge on any atom is -0.449 e. The summed E-state index contributed by atoms with van der Waals surface area (Å²) in [5.74, 6) is -0.00974. The normalized spacial score (nSPS) is 17.0. The number of hydrogen-bond acceptors (Lipinski definition) is 5. The molecule has 2 N–H and O–H groups in total. The van der Waals surface area contributed by atoms with E-state index in [-0.39, 0.29) is 11.8 Å². The summed E-state index contributed by atoms with van der Waals surface area (Å²) in [7, 11) is 0. The quantitative estimate of drug-likeness (QED) is 0.750. The van der Waals surface area contributed by atoms with Crippen molar-refractivity contribution in [2.45, 2.75) is 26.7 Å². The van der Waals surface area contributed by atoms with Crippen LogP contribution in [0, 0.1) is 5.92 Å². The Morgan fingerprint density at radius 3 is 2.75 bits per heavy atom. The van der Waals surface area contributed by atoms with Crippen LogP contribution in [0.1, 0.15) is 32.3 Å². The van der Waals surface area contributed by atoms with Gasteiger partial charge in [-0.05, 0) is 24.6 Å². The lowest BCUT2D eigenvalue weighted by atomic mass is 9.94. The van der Waals surface area contributed by atoms with E-state index in [1.807, 2.05) is 26.0 Å². The third-order valence-corrected chi connectivity index (χ3v) is 3.56. The second-order valence-corrected chi connectivity index (χ2v) is 5.53. The number of carbonyl (C=O) groups excluding carboxylic acids is 2. The van der Waals surface area contributed by atoms with Crippen LogP contribution in [0.15, 0.2) is 29.4 Å². The second kappa shape index (κ2) is 9.02. The molecule has 1 aliphatic heterocycles. The third-order valence-electron chi connectivity index (χ3n) is 3.56. The molecule has 0 radical (unpaired) electrons. The highest BCUT2D eigenvalue weighted by molar-refractivity contribution is 6.06. The summed E-state index contributed by atoms with van der Waals surface area (Å²) >= 11 is 0. The van der Waals surface area contributed by atoms with Crippen molar-refractivity contribution in [2.24, 2.45) is 11.0 Å². The van der Waals surface area contributed by atoms with Gasteiger partial charge < -0.3 is 9.47 Å². The summed E-state index contributed by atoms with van der Waals surface area (Å²) < 4.78 is 10.2.